The van der Waals surface area contributed by atoms with Gasteiger partial charge in [-0.2, -0.15) is 0 Å². The van der Waals surface area contributed by atoms with Crippen molar-refractivity contribution >= 4 is 5.91 Å². The van der Waals surface area contributed by atoms with E-state index in [1.807, 2.05) is 49.0 Å². The Morgan fingerprint density at radius 3 is 2.95 bits per heavy atom. The van der Waals surface area contributed by atoms with Gasteiger partial charge in [-0.05, 0) is 26.6 Å². The van der Waals surface area contributed by atoms with Gasteiger partial charge in [0.2, 0.25) is 11.8 Å². The van der Waals surface area contributed by atoms with Crippen molar-refractivity contribution in [3.8, 4) is 5.88 Å². The molecule has 1 aliphatic heterocycles. The molecule has 2 rings (SSSR count). The molecule has 0 aliphatic carbocycles. The first-order valence-corrected chi connectivity index (χ1v) is 7.14. The number of hydrogen-bond donors (Lipinski definition) is 0. The molecule has 1 fully saturated rings. The van der Waals surface area contributed by atoms with Gasteiger partial charge in [0.15, 0.2) is 0 Å². The quantitative estimate of drug-likeness (QED) is 0.816. The van der Waals surface area contributed by atoms with Crippen LogP contribution in [0, 0.1) is 0 Å². The summed E-state index contributed by atoms with van der Waals surface area (Å²) in [5.41, 5.74) is 0. The van der Waals surface area contributed by atoms with Gasteiger partial charge in [0.05, 0.1) is 12.6 Å². The number of nitrogens with zero attached hydrogens (tertiary/aromatic N) is 3. The standard InChI is InChI=1S/C15H23N3O2/c1-4-13(17(2)3)15(19)18-10-8-12(11-18)20-14-7-5-6-9-16-14/h5-7,9,12-13H,4,8,10-11H2,1-3H3/t12-,13-/m1/s1. The van der Waals surface area contributed by atoms with Crippen LogP contribution in [-0.2, 0) is 4.79 Å². The van der Waals surface area contributed by atoms with Crippen LogP contribution in [0.4, 0.5) is 0 Å². The number of amides is 1. The summed E-state index contributed by atoms with van der Waals surface area (Å²) in [4.78, 5) is 20.5. The summed E-state index contributed by atoms with van der Waals surface area (Å²) in [7, 11) is 3.90. The third kappa shape index (κ3) is 3.48. The first-order valence-electron chi connectivity index (χ1n) is 7.14. The van der Waals surface area contributed by atoms with Gasteiger partial charge in [-0.25, -0.2) is 4.98 Å². The average molecular weight is 277 g/mol. The van der Waals surface area contributed by atoms with E-state index in [1.165, 1.54) is 0 Å². The van der Waals surface area contributed by atoms with Crippen LogP contribution in [0.3, 0.4) is 0 Å². The first-order chi connectivity index (χ1) is 9.61. The zero-order chi connectivity index (χ0) is 14.5. The summed E-state index contributed by atoms with van der Waals surface area (Å²) >= 11 is 0. The van der Waals surface area contributed by atoms with E-state index in [-0.39, 0.29) is 18.1 Å². The highest BCUT2D eigenvalue weighted by Crippen LogP contribution is 2.18. The molecule has 1 saturated heterocycles. The summed E-state index contributed by atoms with van der Waals surface area (Å²) in [5, 5.41) is 0. The fraction of sp³-hybridized carbons (Fsp3) is 0.600. The molecule has 0 radical (unpaired) electrons. The summed E-state index contributed by atoms with van der Waals surface area (Å²) in [6.45, 7) is 3.46. The second-order valence-corrected chi connectivity index (χ2v) is 5.37. The van der Waals surface area contributed by atoms with Gasteiger partial charge in [0, 0.05) is 25.2 Å². The maximum absolute atomic E-state index is 12.4. The summed E-state index contributed by atoms with van der Waals surface area (Å²) < 4.78 is 5.81. The Labute approximate surface area is 120 Å². The molecule has 5 heteroatoms. The number of carbonyl (C=O) groups is 1. The number of ether oxygens (including phenoxy) is 1. The molecule has 1 amide bonds. The van der Waals surface area contributed by atoms with Gasteiger partial charge < -0.3 is 9.64 Å². The van der Waals surface area contributed by atoms with Gasteiger partial charge in [0.1, 0.15) is 6.10 Å². The molecule has 20 heavy (non-hydrogen) atoms. The Balaban J connectivity index is 1.90. The highest BCUT2D eigenvalue weighted by molar-refractivity contribution is 5.82. The van der Waals surface area contributed by atoms with Crippen molar-refractivity contribution < 1.29 is 9.53 Å². The molecule has 1 aromatic heterocycles. The molecule has 0 bridgehead atoms. The molecular weight excluding hydrogens is 254 g/mol. The summed E-state index contributed by atoms with van der Waals surface area (Å²) in [6, 6.07) is 5.57. The number of aromatic nitrogens is 1. The second-order valence-electron chi connectivity index (χ2n) is 5.37. The SMILES string of the molecule is CC[C@H](C(=O)N1CC[C@@H](Oc2ccccn2)C1)N(C)C. The Kier molecular flexibility index (Phi) is 4.95. The fourth-order valence-electron chi connectivity index (χ4n) is 2.58. The highest BCUT2D eigenvalue weighted by Gasteiger charge is 2.32. The minimum absolute atomic E-state index is 0.0383. The van der Waals surface area contributed by atoms with Crippen molar-refractivity contribution in [3.05, 3.63) is 24.4 Å². The Bertz CT molecular complexity index is 436. The van der Waals surface area contributed by atoms with E-state index in [4.69, 9.17) is 4.74 Å². The van der Waals surface area contributed by atoms with Crippen molar-refractivity contribution in [1.82, 2.24) is 14.8 Å². The van der Waals surface area contributed by atoms with E-state index in [0.717, 1.165) is 19.4 Å². The second kappa shape index (κ2) is 6.70. The molecule has 0 saturated carbocycles. The molecule has 0 spiro atoms. The number of hydrogen-bond acceptors (Lipinski definition) is 4. The molecule has 0 N–H and O–H groups in total. The lowest BCUT2D eigenvalue weighted by atomic mass is 10.2. The Morgan fingerprint density at radius 1 is 1.55 bits per heavy atom. The van der Waals surface area contributed by atoms with Gasteiger partial charge in [-0.15, -0.1) is 0 Å². The zero-order valence-corrected chi connectivity index (χ0v) is 12.5. The number of carbonyl (C=O) groups excluding carboxylic acids is 1. The highest BCUT2D eigenvalue weighted by atomic mass is 16.5. The number of pyridine rings is 1. The minimum Gasteiger partial charge on any atom is -0.472 e. The van der Waals surface area contributed by atoms with Crippen molar-refractivity contribution in [1.29, 1.82) is 0 Å². The number of likely N-dealkylation sites (tertiary alicyclic amines) is 1. The van der Waals surface area contributed by atoms with Gasteiger partial charge >= 0.3 is 0 Å². The third-order valence-electron chi connectivity index (χ3n) is 3.68. The van der Waals surface area contributed by atoms with E-state index in [2.05, 4.69) is 4.98 Å². The molecule has 2 atom stereocenters. The molecule has 1 aromatic rings. The maximum Gasteiger partial charge on any atom is 0.240 e. The average Bonchev–Trinajstić information content (AvgIpc) is 2.88. The van der Waals surface area contributed by atoms with Gasteiger partial charge in [-0.1, -0.05) is 13.0 Å². The molecule has 110 valence electrons. The summed E-state index contributed by atoms with van der Waals surface area (Å²) in [5.74, 6) is 0.830. The number of likely N-dealkylation sites (N-methyl/N-ethyl adjacent to an activating group) is 1. The topological polar surface area (TPSA) is 45.7 Å². The fourth-order valence-corrected chi connectivity index (χ4v) is 2.58. The van der Waals surface area contributed by atoms with Crippen molar-refractivity contribution in [2.75, 3.05) is 27.2 Å². The lowest BCUT2D eigenvalue weighted by Crippen LogP contribution is -2.45. The lowest BCUT2D eigenvalue weighted by molar-refractivity contribution is -0.135. The lowest BCUT2D eigenvalue weighted by Gasteiger charge is -2.27. The number of rotatable bonds is 5. The Morgan fingerprint density at radius 2 is 2.35 bits per heavy atom. The van der Waals surface area contributed by atoms with Gasteiger partial charge in [-0.3, -0.25) is 9.69 Å². The normalized spacial score (nSPS) is 20.2. The van der Waals surface area contributed by atoms with Crippen molar-refractivity contribution in [3.63, 3.8) is 0 Å². The van der Waals surface area contributed by atoms with Crippen LogP contribution in [0.5, 0.6) is 5.88 Å². The maximum atomic E-state index is 12.4. The van der Waals surface area contributed by atoms with E-state index in [0.29, 0.717) is 12.4 Å². The van der Waals surface area contributed by atoms with E-state index in [9.17, 15) is 4.79 Å². The summed E-state index contributed by atoms with van der Waals surface area (Å²) in [6.07, 6.45) is 3.46. The van der Waals surface area contributed by atoms with Crippen LogP contribution in [0.2, 0.25) is 0 Å². The molecular formula is C15H23N3O2. The van der Waals surface area contributed by atoms with Crippen molar-refractivity contribution in [2.45, 2.75) is 31.9 Å². The van der Waals surface area contributed by atoms with E-state index < -0.39 is 0 Å². The van der Waals surface area contributed by atoms with E-state index >= 15 is 0 Å². The molecule has 5 nitrogen and oxygen atoms in total. The largest absolute Gasteiger partial charge is 0.472 e. The molecule has 2 heterocycles. The van der Waals surface area contributed by atoms with Crippen LogP contribution in [0.25, 0.3) is 0 Å². The third-order valence-corrected chi connectivity index (χ3v) is 3.68. The van der Waals surface area contributed by atoms with Crippen molar-refractivity contribution in [2.24, 2.45) is 0 Å². The zero-order valence-electron chi connectivity index (χ0n) is 12.5. The molecule has 0 aromatic carbocycles. The van der Waals surface area contributed by atoms with Crippen LogP contribution in [0.1, 0.15) is 19.8 Å². The monoisotopic (exact) mass is 277 g/mol. The van der Waals surface area contributed by atoms with Crippen LogP contribution < -0.4 is 4.74 Å². The first kappa shape index (κ1) is 14.8. The van der Waals surface area contributed by atoms with Crippen LogP contribution >= 0.6 is 0 Å². The minimum atomic E-state index is -0.0383. The van der Waals surface area contributed by atoms with Crippen LogP contribution in [0.15, 0.2) is 24.4 Å². The predicted molar refractivity (Wildman–Crippen MR) is 77.6 cm³/mol. The van der Waals surface area contributed by atoms with Crippen LogP contribution in [-0.4, -0.2) is 60.0 Å². The smallest absolute Gasteiger partial charge is 0.240 e. The predicted octanol–water partition coefficient (Wildman–Crippen LogP) is 1.40. The van der Waals surface area contributed by atoms with E-state index in [1.54, 1.807) is 6.20 Å². The van der Waals surface area contributed by atoms with Gasteiger partial charge in [0.25, 0.3) is 0 Å². The molecule has 0 unspecified atom stereocenters. The molecule has 1 aliphatic rings. The Hall–Kier alpha value is -1.62.